The SMILES string of the molecule is CC(C)(C)OC(=O)N1C[C@H](F)C[C@@H]1CCO. The Kier molecular flexibility index (Phi) is 4.13. The van der Waals surface area contributed by atoms with E-state index in [1.54, 1.807) is 20.8 Å². The standard InChI is InChI=1S/C11H20FNO3/c1-11(2,3)16-10(15)13-7-8(12)6-9(13)4-5-14/h8-9,14H,4-7H2,1-3H3/t8-,9+/m1/s1. The molecule has 1 saturated heterocycles. The first kappa shape index (κ1) is 13.2. The van der Waals surface area contributed by atoms with Gasteiger partial charge in [0.25, 0.3) is 0 Å². The molecule has 4 nitrogen and oxygen atoms in total. The van der Waals surface area contributed by atoms with Gasteiger partial charge in [0.15, 0.2) is 0 Å². The van der Waals surface area contributed by atoms with Gasteiger partial charge < -0.3 is 14.7 Å². The highest BCUT2D eigenvalue weighted by molar-refractivity contribution is 5.69. The minimum Gasteiger partial charge on any atom is -0.444 e. The summed E-state index contributed by atoms with van der Waals surface area (Å²) in [4.78, 5) is 13.1. The fourth-order valence-corrected chi connectivity index (χ4v) is 1.83. The molecule has 94 valence electrons. The van der Waals surface area contributed by atoms with Crippen LogP contribution in [-0.2, 0) is 4.74 Å². The van der Waals surface area contributed by atoms with E-state index >= 15 is 0 Å². The summed E-state index contributed by atoms with van der Waals surface area (Å²) < 4.78 is 18.4. The van der Waals surface area contributed by atoms with Gasteiger partial charge in [-0.15, -0.1) is 0 Å². The molecule has 0 bridgehead atoms. The minimum absolute atomic E-state index is 0.0450. The molecule has 0 aromatic carbocycles. The molecule has 1 fully saturated rings. The Balaban J connectivity index is 2.59. The van der Waals surface area contributed by atoms with Crippen molar-refractivity contribution in [2.24, 2.45) is 0 Å². The van der Waals surface area contributed by atoms with Gasteiger partial charge in [0.2, 0.25) is 0 Å². The highest BCUT2D eigenvalue weighted by Crippen LogP contribution is 2.24. The van der Waals surface area contributed by atoms with Crippen LogP contribution >= 0.6 is 0 Å². The Hall–Kier alpha value is -0.840. The number of alkyl halides is 1. The first-order valence-corrected chi connectivity index (χ1v) is 5.58. The maximum atomic E-state index is 13.2. The fourth-order valence-electron chi connectivity index (χ4n) is 1.83. The second-order valence-electron chi connectivity index (χ2n) is 5.13. The number of carbonyl (C=O) groups is 1. The van der Waals surface area contributed by atoms with E-state index in [4.69, 9.17) is 9.84 Å². The average Bonchev–Trinajstić information content (AvgIpc) is 2.44. The summed E-state index contributed by atoms with van der Waals surface area (Å²) in [5.41, 5.74) is -0.574. The largest absolute Gasteiger partial charge is 0.444 e. The van der Waals surface area contributed by atoms with Gasteiger partial charge in [-0.05, 0) is 27.2 Å². The van der Waals surface area contributed by atoms with Crippen LogP contribution in [0.4, 0.5) is 9.18 Å². The topological polar surface area (TPSA) is 49.8 Å². The van der Waals surface area contributed by atoms with Gasteiger partial charge in [-0.3, -0.25) is 0 Å². The maximum Gasteiger partial charge on any atom is 0.410 e. The van der Waals surface area contributed by atoms with Crippen LogP contribution in [0.5, 0.6) is 0 Å². The van der Waals surface area contributed by atoms with Crippen molar-refractivity contribution in [3.63, 3.8) is 0 Å². The normalized spacial score (nSPS) is 25.9. The highest BCUT2D eigenvalue weighted by Gasteiger charge is 2.37. The summed E-state index contributed by atoms with van der Waals surface area (Å²) in [7, 11) is 0. The molecule has 1 aliphatic rings. The Morgan fingerprint density at radius 3 is 2.69 bits per heavy atom. The molecule has 0 aliphatic carbocycles. The number of rotatable bonds is 2. The number of hydrogen-bond donors (Lipinski definition) is 1. The molecule has 5 heteroatoms. The van der Waals surface area contributed by atoms with E-state index in [9.17, 15) is 9.18 Å². The maximum absolute atomic E-state index is 13.2. The Morgan fingerprint density at radius 1 is 1.56 bits per heavy atom. The van der Waals surface area contributed by atoms with Crippen LogP contribution in [0.1, 0.15) is 33.6 Å². The number of ether oxygens (including phenoxy) is 1. The van der Waals surface area contributed by atoms with Gasteiger partial charge in [-0.25, -0.2) is 9.18 Å². The molecule has 1 rings (SSSR count). The lowest BCUT2D eigenvalue weighted by Crippen LogP contribution is -2.40. The molecule has 0 saturated carbocycles. The van der Waals surface area contributed by atoms with E-state index < -0.39 is 17.9 Å². The van der Waals surface area contributed by atoms with E-state index in [0.29, 0.717) is 12.8 Å². The van der Waals surface area contributed by atoms with Crippen LogP contribution < -0.4 is 0 Å². The summed E-state index contributed by atoms with van der Waals surface area (Å²) in [6.07, 6.45) is -0.811. The zero-order valence-corrected chi connectivity index (χ0v) is 10.1. The van der Waals surface area contributed by atoms with Crippen LogP contribution in [0.2, 0.25) is 0 Å². The van der Waals surface area contributed by atoms with Crippen molar-refractivity contribution in [2.75, 3.05) is 13.2 Å². The Labute approximate surface area is 95.4 Å². The Morgan fingerprint density at radius 2 is 2.19 bits per heavy atom. The van der Waals surface area contributed by atoms with E-state index in [-0.39, 0.29) is 19.2 Å². The molecule has 0 spiro atoms. The van der Waals surface area contributed by atoms with E-state index in [1.165, 1.54) is 4.90 Å². The molecule has 1 aliphatic heterocycles. The monoisotopic (exact) mass is 233 g/mol. The van der Waals surface area contributed by atoms with Crippen LogP contribution in [0.3, 0.4) is 0 Å². The number of carbonyl (C=O) groups excluding carboxylic acids is 1. The lowest BCUT2D eigenvalue weighted by atomic mass is 10.1. The van der Waals surface area contributed by atoms with Crippen LogP contribution in [0.15, 0.2) is 0 Å². The zero-order chi connectivity index (χ0) is 12.3. The zero-order valence-electron chi connectivity index (χ0n) is 10.1. The van der Waals surface area contributed by atoms with Gasteiger partial charge >= 0.3 is 6.09 Å². The minimum atomic E-state index is -1.01. The number of likely N-dealkylation sites (tertiary alicyclic amines) is 1. The molecular weight excluding hydrogens is 213 g/mol. The van der Waals surface area contributed by atoms with Crippen molar-refractivity contribution in [2.45, 2.75) is 51.4 Å². The molecule has 0 unspecified atom stereocenters. The summed E-state index contributed by atoms with van der Waals surface area (Å²) in [6.45, 7) is 5.34. The van der Waals surface area contributed by atoms with Crippen molar-refractivity contribution in [1.82, 2.24) is 4.90 Å². The van der Waals surface area contributed by atoms with Gasteiger partial charge in [0, 0.05) is 19.1 Å². The van der Waals surface area contributed by atoms with Crippen molar-refractivity contribution in [3.05, 3.63) is 0 Å². The molecule has 1 N–H and O–H groups in total. The van der Waals surface area contributed by atoms with Crippen LogP contribution in [-0.4, -0.2) is 47.1 Å². The van der Waals surface area contributed by atoms with Crippen molar-refractivity contribution < 1.29 is 19.0 Å². The van der Waals surface area contributed by atoms with Gasteiger partial charge in [-0.2, -0.15) is 0 Å². The molecule has 0 radical (unpaired) electrons. The molecule has 1 amide bonds. The third kappa shape index (κ3) is 3.63. The predicted molar refractivity (Wildman–Crippen MR) is 57.9 cm³/mol. The van der Waals surface area contributed by atoms with Crippen molar-refractivity contribution in [1.29, 1.82) is 0 Å². The van der Waals surface area contributed by atoms with Gasteiger partial charge in [0.1, 0.15) is 11.8 Å². The molecular formula is C11H20FNO3. The summed E-state index contributed by atoms with van der Waals surface area (Å²) in [5, 5.41) is 8.84. The summed E-state index contributed by atoms with van der Waals surface area (Å²) >= 11 is 0. The number of amides is 1. The number of halogens is 1. The molecule has 2 atom stereocenters. The van der Waals surface area contributed by atoms with Crippen molar-refractivity contribution >= 4 is 6.09 Å². The van der Waals surface area contributed by atoms with Crippen LogP contribution in [0, 0.1) is 0 Å². The molecule has 16 heavy (non-hydrogen) atoms. The van der Waals surface area contributed by atoms with E-state index in [1.807, 2.05) is 0 Å². The first-order valence-electron chi connectivity index (χ1n) is 5.58. The second-order valence-corrected chi connectivity index (χ2v) is 5.13. The highest BCUT2D eigenvalue weighted by atomic mass is 19.1. The number of hydrogen-bond acceptors (Lipinski definition) is 3. The quantitative estimate of drug-likeness (QED) is 0.790. The van der Waals surface area contributed by atoms with Crippen molar-refractivity contribution in [3.8, 4) is 0 Å². The second kappa shape index (κ2) is 4.99. The third-order valence-corrected chi connectivity index (χ3v) is 2.45. The lowest BCUT2D eigenvalue weighted by Gasteiger charge is -2.28. The third-order valence-electron chi connectivity index (χ3n) is 2.45. The smallest absolute Gasteiger partial charge is 0.410 e. The average molecular weight is 233 g/mol. The molecule has 1 heterocycles. The fraction of sp³-hybridized carbons (Fsp3) is 0.909. The van der Waals surface area contributed by atoms with Gasteiger partial charge in [0.05, 0.1) is 6.54 Å². The predicted octanol–water partition coefficient (Wildman–Crippen LogP) is 1.72. The first-order chi connectivity index (χ1) is 7.33. The van der Waals surface area contributed by atoms with E-state index in [0.717, 1.165) is 0 Å². The lowest BCUT2D eigenvalue weighted by molar-refractivity contribution is 0.0202. The number of aliphatic hydroxyl groups is 1. The number of aliphatic hydroxyl groups excluding tert-OH is 1. The number of nitrogens with zero attached hydrogens (tertiary/aromatic N) is 1. The van der Waals surface area contributed by atoms with Crippen LogP contribution in [0.25, 0.3) is 0 Å². The molecule has 0 aromatic heterocycles. The van der Waals surface area contributed by atoms with Gasteiger partial charge in [-0.1, -0.05) is 0 Å². The Bertz CT molecular complexity index is 252. The van der Waals surface area contributed by atoms with E-state index in [2.05, 4.69) is 0 Å². The summed E-state index contributed by atoms with van der Waals surface area (Å²) in [5.74, 6) is 0. The summed E-state index contributed by atoms with van der Waals surface area (Å²) in [6, 6.07) is -0.241. The molecule has 0 aromatic rings.